The van der Waals surface area contributed by atoms with Crippen molar-refractivity contribution in [3.63, 3.8) is 0 Å². The number of benzene rings is 1. The summed E-state index contributed by atoms with van der Waals surface area (Å²) < 4.78 is 18.8. The van der Waals surface area contributed by atoms with Gasteiger partial charge in [0.05, 0.1) is 22.7 Å². The smallest absolute Gasteiger partial charge is 0.258 e. The topological polar surface area (TPSA) is 43.3 Å². The van der Waals surface area contributed by atoms with E-state index >= 15 is 0 Å². The van der Waals surface area contributed by atoms with Gasteiger partial charge in [0.25, 0.3) is 5.56 Å². The number of nitrogens with zero attached hydrogens (tertiary/aromatic N) is 1. The minimum Gasteiger partial charge on any atom is -0.380 e. The zero-order valence-electron chi connectivity index (χ0n) is 15.0. The van der Waals surface area contributed by atoms with E-state index in [0.29, 0.717) is 6.04 Å². The third kappa shape index (κ3) is 6.24. The van der Waals surface area contributed by atoms with Gasteiger partial charge in [-0.25, -0.2) is 4.39 Å². The normalized spacial score (nSPS) is 16.6. The molecule has 144 valence electrons. The van der Waals surface area contributed by atoms with Crippen LogP contribution in [0.1, 0.15) is 6.42 Å². The molecule has 0 saturated carbocycles. The quantitative estimate of drug-likeness (QED) is 0.714. The number of ether oxygens (including phenoxy) is 1. The molecule has 4 nitrogen and oxygen atoms in total. The van der Waals surface area contributed by atoms with Crippen molar-refractivity contribution in [2.24, 2.45) is 7.05 Å². The van der Waals surface area contributed by atoms with Crippen LogP contribution in [-0.2, 0) is 11.8 Å². The minimum absolute atomic E-state index is 0.0406. The Kier molecular flexibility index (Phi) is 7.66. The molecule has 7 heteroatoms. The molecule has 1 aromatic carbocycles. The number of hydrogen-bond donors (Lipinski definition) is 1. The summed E-state index contributed by atoms with van der Waals surface area (Å²) in [5.41, 5.74) is 1.03. The average Bonchev–Trinajstić information content (AvgIpc) is 3.11. The first-order valence-corrected chi connectivity index (χ1v) is 9.03. The Balaban J connectivity index is 0.000000249. The zero-order valence-corrected chi connectivity index (χ0v) is 16.5. The number of pyridine rings is 1. The first-order chi connectivity index (χ1) is 12.8. The van der Waals surface area contributed by atoms with Gasteiger partial charge in [0, 0.05) is 30.9 Å². The van der Waals surface area contributed by atoms with Crippen molar-refractivity contribution in [3.05, 3.63) is 75.9 Å². The van der Waals surface area contributed by atoms with Gasteiger partial charge in [0.1, 0.15) is 5.83 Å². The van der Waals surface area contributed by atoms with Crippen LogP contribution in [0.5, 0.6) is 0 Å². The highest BCUT2D eigenvalue weighted by Gasteiger charge is 2.15. The monoisotopic (exact) mass is 410 g/mol. The lowest BCUT2D eigenvalue weighted by atomic mass is 10.1. The number of halogens is 3. The van der Waals surface area contributed by atoms with Gasteiger partial charge < -0.3 is 14.6 Å². The van der Waals surface area contributed by atoms with Crippen LogP contribution in [0, 0.1) is 0 Å². The molecule has 0 bridgehead atoms. The molecule has 1 aromatic heterocycles. The minimum atomic E-state index is -0.637. The molecule has 0 aliphatic carbocycles. The number of allylic oxidation sites excluding steroid dienone is 4. The average molecular weight is 411 g/mol. The molecule has 1 saturated heterocycles. The van der Waals surface area contributed by atoms with Gasteiger partial charge in [-0.1, -0.05) is 42.4 Å². The van der Waals surface area contributed by atoms with Crippen LogP contribution in [0.4, 0.5) is 10.1 Å². The number of nitrogens with one attached hydrogen (secondary N) is 1. The third-order valence-corrected chi connectivity index (χ3v) is 4.56. The maximum absolute atomic E-state index is 12.0. The Hall–Kier alpha value is -2.08. The van der Waals surface area contributed by atoms with E-state index in [2.05, 4.69) is 18.5 Å². The molecule has 1 fully saturated rings. The predicted molar refractivity (Wildman–Crippen MR) is 111 cm³/mol. The molecule has 0 radical (unpaired) electrons. The van der Waals surface area contributed by atoms with E-state index in [4.69, 9.17) is 27.9 Å². The van der Waals surface area contributed by atoms with Crippen molar-refractivity contribution >= 4 is 39.7 Å². The van der Waals surface area contributed by atoms with Gasteiger partial charge in [0.2, 0.25) is 0 Å². The second kappa shape index (κ2) is 9.74. The lowest BCUT2D eigenvalue weighted by Crippen LogP contribution is -2.19. The highest BCUT2D eigenvalue weighted by atomic mass is 35.5. The number of anilines is 1. The lowest BCUT2D eigenvalue weighted by Gasteiger charge is -2.12. The Labute approximate surface area is 167 Å². The fourth-order valence-electron chi connectivity index (χ4n) is 2.53. The van der Waals surface area contributed by atoms with Crippen LogP contribution in [0.25, 0.3) is 10.8 Å². The van der Waals surface area contributed by atoms with Gasteiger partial charge in [0.15, 0.2) is 0 Å². The number of aryl methyl sites for hydroxylation is 1. The highest BCUT2D eigenvalue weighted by molar-refractivity contribution is 6.43. The van der Waals surface area contributed by atoms with Gasteiger partial charge in [-0.05, 0) is 36.1 Å². The number of aromatic nitrogens is 1. The summed E-state index contributed by atoms with van der Waals surface area (Å²) in [5, 5.41) is 5.32. The summed E-state index contributed by atoms with van der Waals surface area (Å²) in [6.07, 6.45) is 3.81. The van der Waals surface area contributed by atoms with Crippen molar-refractivity contribution in [2.75, 3.05) is 18.5 Å². The number of rotatable bonds is 4. The van der Waals surface area contributed by atoms with Gasteiger partial charge in [-0.3, -0.25) is 4.79 Å². The van der Waals surface area contributed by atoms with E-state index in [0.717, 1.165) is 42.2 Å². The van der Waals surface area contributed by atoms with Gasteiger partial charge in [-0.15, -0.1) is 0 Å². The molecule has 2 aromatic rings. The van der Waals surface area contributed by atoms with Crippen LogP contribution >= 0.6 is 23.2 Å². The summed E-state index contributed by atoms with van der Waals surface area (Å²) in [4.78, 5) is 12.0. The maximum atomic E-state index is 12.0. The number of fused-ring (bicyclic) bond motifs is 1. The van der Waals surface area contributed by atoms with Crippen molar-refractivity contribution in [1.82, 2.24) is 4.57 Å². The van der Waals surface area contributed by atoms with E-state index < -0.39 is 5.83 Å². The van der Waals surface area contributed by atoms with Crippen LogP contribution in [0.3, 0.4) is 0 Å². The van der Waals surface area contributed by atoms with Crippen molar-refractivity contribution in [2.45, 2.75) is 12.5 Å². The summed E-state index contributed by atoms with van der Waals surface area (Å²) in [5.74, 6) is -0.637. The highest BCUT2D eigenvalue weighted by Crippen LogP contribution is 2.19. The first-order valence-electron chi connectivity index (χ1n) is 8.28. The van der Waals surface area contributed by atoms with Crippen LogP contribution < -0.4 is 10.9 Å². The molecule has 0 spiro atoms. The third-order valence-electron chi connectivity index (χ3n) is 3.92. The molecule has 1 unspecified atom stereocenters. The Morgan fingerprint density at radius 2 is 2.11 bits per heavy atom. The summed E-state index contributed by atoms with van der Waals surface area (Å²) in [6, 6.07) is 8.24. The van der Waals surface area contributed by atoms with E-state index in [1.807, 2.05) is 24.3 Å². The summed E-state index contributed by atoms with van der Waals surface area (Å²) in [6.45, 7) is 7.77. The van der Waals surface area contributed by atoms with Crippen LogP contribution in [0.2, 0.25) is 0 Å². The van der Waals surface area contributed by atoms with E-state index in [9.17, 15) is 9.18 Å². The molecular weight excluding hydrogens is 390 g/mol. The first kappa shape index (κ1) is 21.2. The molecule has 27 heavy (non-hydrogen) atoms. The molecule has 1 aliphatic rings. The largest absolute Gasteiger partial charge is 0.380 e. The zero-order chi connectivity index (χ0) is 20.0. The predicted octanol–water partition coefficient (Wildman–Crippen LogP) is 5.08. The van der Waals surface area contributed by atoms with Crippen molar-refractivity contribution in [1.29, 1.82) is 0 Å². The van der Waals surface area contributed by atoms with Gasteiger partial charge in [-0.2, -0.15) is 0 Å². The summed E-state index contributed by atoms with van der Waals surface area (Å²) in [7, 11) is 1.77. The molecule has 3 rings (SSSR count). The van der Waals surface area contributed by atoms with Crippen molar-refractivity contribution < 1.29 is 9.13 Å². The van der Waals surface area contributed by atoms with Crippen LogP contribution in [0.15, 0.2) is 70.4 Å². The Morgan fingerprint density at radius 1 is 1.37 bits per heavy atom. The van der Waals surface area contributed by atoms with E-state index in [1.165, 1.54) is 0 Å². The number of hydrogen-bond acceptors (Lipinski definition) is 3. The standard InChI is InChI=1S/C14H16N2O2.C6H5Cl2F/c1-16-6-4-10-2-3-11(8-13(10)14(16)17)15-12-5-7-18-9-12;1-4(9)3-6(8)5(2)7/h2-4,6,8,12,15H,5,7,9H2,1H3;3H,1-2H2/b;6-3+. The Bertz CT molecular complexity index is 931. The molecule has 0 amide bonds. The molecule has 1 N–H and O–H groups in total. The second-order valence-corrected chi connectivity index (χ2v) is 6.95. The van der Waals surface area contributed by atoms with E-state index in [-0.39, 0.29) is 15.6 Å². The lowest BCUT2D eigenvalue weighted by molar-refractivity contribution is 0.195. The SMILES string of the molecule is C=C(F)/C=C(/Cl)C(=C)Cl.Cn1ccc2ccc(NC3CCOC3)cc2c1=O. The fourth-order valence-corrected chi connectivity index (χ4v) is 2.70. The summed E-state index contributed by atoms with van der Waals surface area (Å²) >= 11 is 10.6. The second-order valence-electron chi connectivity index (χ2n) is 6.08. The van der Waals surface area contributed by atoms with E-state index in [1.54, 1.807) is 17.8 Å². The van der Waals surface area contributed by atoms with Crippen LogP contribution in [-0.4, -0.2) is 23.8 Å². The fraction of sp³-hybridized carbons (Fsp3) is 0.250. The molecular formula is C20H21Cl2FN2O2. The molecule has 1 atom stereocenters. The Morgan fingerprint density at radius 3 is 2.67 bits per heavy atom. The molecule has 1 aliphatic heterocycles. The van der Waals surface area contributed by atoms with Gasteiger partial charge >= 0.3 is 0 Å². The maximum Gasteiger partial charge on any atom is 0.258 e. The molecule has 2 heterocycles. The van der Waals surface area contributed by atoms with Crippen molar-refractivity contribution in [3.8, 4) is 0 Å².